The molecule has 0 radical (unpaired) electrons. The first-order valence-corrected chi connectivity index (χ1v) is 30.3. The normalized spacial score (nSPS) is 12.6. The topological polar surface area (TPSA) is 440 Å². The van der Waals surface area contributed by atoms with Crippen molar-refractivity contribution in [2.75, 3.05) is 43.7 Å². The van der Waals surface area contributed by atoms with Crippen LogP contribution in [0, 0.1) is 18.3 Å². The van der Waals surface area contributed by atoms with Gasteiger partial charge in [-0.25, -0.2) is 25.4 Å². The fourth-order valence-corrected chi connectivity index (χ4v) is 12.5. The molecular weight excluding hydrogens is 1230 g/mol. The van der Waals surface area contributed by atoms with Gasteiger partial charge in [0.25, 0.3) is 30.4 Å². The van der Waals surface area contributed by atoms with Crippen LogP contribution in [0.4, 0.5) is 39.3 Å². The molecule has 0 fully saturated rings. The predicted octanol–water partition coefficient (Wildman–Crippen LogP) is 11.1. The molecule has 0 saturated heterocycles. The monoisotopic (exact) mass is 1270 g/mol. The van der Waals surface area contributed by atoms with Crippen molar-refractivity contribution in [2.45, 2.75) is 39.3 Å². The van der Waals surface area contributed by atoms with Crippen molar-refractivity contribution in [3.05, 3.63) is 77.9 Å². The van der Waals surface area contributed by atoms with Crippen LogP contribution in [0.3, 0.4) is 0 Å². The second-order valence-corrected chi connectivity index (χ2v) is 24.1. The molecule has 38 heteroatoms. The number of pyridine rings is 1. The number of thiazole rings is 1. The first-order chi connectivity index (χ1) is 39.1. The molecule has 0 unspecified atom stereocenters. The number of ether oxygens (including phenoxy) is 1. The Hall–Kier alpha value is -6.85. The summed E-state index contributed by atoms with van der Waals surface area (Å²) < 4.78 is 127. The van der Waals surface area contributed by atoms with Gasteiger partial charge in [-0.3, -0.25) is 18.1 Å². The molecule has 0 atom stereocenters. The third-order valence-electron chi connectivity index (χ3n) is 11.5. The fourth-order valence-electron chi connectivity index (χ4n) is 8.08. The van der Waals surface area contributed by atoms with Crippen molar-refractivity contribution in [1.29, 1.82) is 5.26 Å². The minimum atomic E-state index is -5.32. The lowest BCUT2D eigenvalue weighted by Crippen LogP contribution is -2.27. The molecule has 5 aromatic carbocycles. The number of benzene rings is 5. The SMILES string of the molecule is COOSc1cc(S(=O)(=O)O)c2nc(N=Nc3cc(N(CCCSOOO)CCCS(=O)(=O)O)c(N=Nc4c(SOOO)cc5c(S(=O)(=O)O)c(N=Nc6c(C)c(C#N)c7nc8ccccc8n7c6O)ccc5c4O)cc3OC)sc2c1. The first kappa shape index (κ1) is 61.2. The van der Waals surface area contributed by atoms with Crippen molar-refractivity contribution < 1.29 is 92.3 Å². The minimum Gasteiger partial charge on any atom is -0.505 e. The number of nitriles is 1. The Labute approximate surface area is 478 Å². The van der Waals surface area contributed by atoms with Crippen molar-refractivity contribution in [3.63, 3.8) is 0 Å². The summed E-state index contributed by atoms with van der Waals surface area (Å²) in [4.78, 5) is 13.3. The van der Waals surface area contributed by atoms with Crippen LogP contribution in [0.15, 0.2) is 117 Å². The molecule has 31 nitrogen and oxygen atoms in total. The Morgan fingerprint density at radius 3 is 2.18 bits per heavy atom. The number of phenols is 1. The highest BCUT2D eigenvalue weighted by molar-refractivity contribution is 7.95. The van der Waals surface area contributed by atoms with E-state index in [-0.39, 0.29) is 120 Å². The Bertz CT molecular complexity index is 4260. The minimum absolute atomic E-state index is 0.0117. The second-order valence-electron chi connectivity index (χ2n) is 16.4. The molecule has 3 aromatic heterocycles. The quantitative estimate of drug-likeness (QED) is 0.00661. The molecule has 0 bridgehead atoms. The Morgan fingerprint density at radius 2 is 1.49 bits per heavy atom. The third-order valence-corrected chi connectivity index (χ3v) is 16.8. The number of nitrogens with zero attached hydrogens (tertiary/aromatic N) is 11. The average molecular weight is 1270 g/mol. The van der Waals surface area contributed by atoms with Crippen molar-refractivity contribution >= 4 is 155 Å². The number of rotatable bonds is 26. The number of fused-ring (bicyclic) bond motifs is 5. The lowest BCUT2D eigenvalue weighted by molar-refractivity contribution is -0.432. The number of hydrogen-bond acceptors (Lipinski definition) is 31. The molecule has 7 N–H and O–H groups in total. The molecule has 8 rings (SSSR count). The van der Waals surface area contributed by atoms with E-state index in [4.69, 9.17) is 18.7 Å². The molecule has 0 spiro atoms. The van der Waals surface area contributed by atoms with Gasteiger partial charge in [-0.1, -0.05) is 33.5 Å². The zero-order valence-electron chi connectivity index (χ0n) is 41.8. The van der Waals surface area contributed by atoms with Crippen molar-refractivity contribution in [3.8, 4) is 23.4 Å². The van der Waals surface area contributed by atoms with Gasteiger partial charge in [0.2, 0.25) is 11.0 Å². The van der Waals surface area contributed by atoms with E-state index in [2.05, 4.69) is 60.0 Å². The summed E-state index contributed by atoms with van der Waals surface area (Å²) in [5.41, 5.74) is -0.397. The summed E-state index contributed by atoms with van der Waals surface area (Å²) >= 11 is 2.41. The third kappa shape index (κ3) is 13.8. The van der Waals surface area contributed by atoms with Gasteiger partial charge in [0.15, 0.2) is 17.1 Å². The average Bonchev–Trinajstić information content (AvgIpc) is 2.53. The van der Waals surface area contributed by atoms with Crippen LogP contribution >= 0.6 is 47.5 Å². The molecule has 0 aliphatic carbocycles. The highest BCUT2D eigenvalue weighted by Gasteiger charge is 2.28. The van der Waals surface area contributed by atoms with Gasteiger partial charge in [0.1, 0.15) is 55.4 Å². The van der Waals surface area contributed by atoms with Gasteiger partial charge in [-0.2, -0.15) is 34.8 Å². The number of aromatic nitrogens is 3. The largest absolute Gasteiger partial charge is 0.505 e. The van der Waals surface area contributed by atoms with E-state index in [1.165, 1.54) is 49.8 Å². The number of phenolic OH excluding ortho intramolecular Hbond substituents is 1. The maximum Gasteiger partial charge on any atom is 0.297 e. The lowest BCUT2D eigenvalue weighted by Gasteiger charge is -2.26. The number of methoxy groups -OCH3 is 1. The molecule has 0 aliphatic heterocycles. The fraction of sp³-hybridized carbons (Fsp3) is 0.205. The zero-order valence-corrected chi connectivity index (χ0v) is 47.5. The van der Waals surface area contributed by atoms with Crippen LogP contribution < -0.4 is 9.64 Å². The summed E-state index contributed by atoms with van der Waals surface area (Å²) in [5, 5.41) is 83.6. The number of imidazole rings is 1. The maximum absolute atomic E-state index is 13.3. The maximum atomic E-state index is 13.3. The van der Waals surface area contributed by atoms with Crippen molar-refractivity contribution in [2.24, 2.45) is 30.7 Å². The molecule has 82 heavy (non-hydrogen) atoms. The Morgan fingerprint density at radius 1 is 0.768 bits per heavy atom. The van der Waals surface area contributed by atoms with E-state index in [1.54, 1.807) is 29.2 Å². The Kier molecular flexibility index (Phi) is 19.5. The predicted molar refractivity (Wildman–Crippen MR) is 294 cm³/mol. The molecular formula is C44H39N11O20S7. The summed E-state index contributed by atoms with van der Waals surface area (Å²) in [7, 11) is -12.2. The number of anilines is 1. The van der Waals surface area contributed by atoms with E-state index in [9.17, 15) is 59.6 Å². The van der Waals surface area contributed by atoms with E-state index >= 15 is 0 Å². The molecule has 432 valence electrons. The van der Waals surface area contributed by atoms with Gasteiger partial charge in [0, 0.05) is 58.2 Å². The summed E-state index contributed by atoms with van der Waals surface area (Å²) in [5.74, 6) is -1.90. The number of hydrogen-bond donors (Lipinski definition) is 7. The van der Waals surface area contributed by atoms with Crippen LogP contribution in [0.5, 0.6) is 17.4 Å². The van der Waals surface area contributed by atoms with Crippen LogP contribution in [0.1, 0.15) is 24.0 Å². The number of azo groups is 3. The van der Waals surface area contributed by atoms with E-state index < -0.39 is 74.3 Å². The smallest absolute Gasteiger partial charge is 0.297 e. The van der Waals surface area contributed by atoms with Crippen LogP contribution in [-0.4, -0.2) is 113 Å². The van der Waals surface area contributed by atoms with E-state index in [0.717, 1.165) is 29.5 Å². The highest BCUT2D eigenvalue weighted by atomic mass is 32.2. The van der Waals surface area contributed by atoms with Crippen LogP contribution in [-0.2, 0) is 58.3 Å². The molecule has 0 saturated carbocycles. The zero-order chi connectivity index (χ0) is 59.1. The van der Waals surface area contributed by atoms with Gasteiger partial charge in [0.05, 0.1) is 70.4 Å². The lowest BCUT2D eigenvalue weighted by atomic mass is 10.1. The molecule has 8 aromatic rings. The molecule has 3 heterocycles. The molecule has 0 amide bonds. The van der Waals surface area contributed by atoms with Gasteiger partial charge >= 0.3 is 0 Å². The van der Waals surface area contributed by atoms with Gasteiger partial charge < -0.3 is 19.8 Å². The van der Waals surface area contributed by atoms with E-state index in [1.807, 2.05) is 6.07 Å². The molecule has 0 aliphatic rings. The second kappa shape index (κ2) is 26.2. The van der Waals surface area contributed by atoms with Gasteiger partial charge in [-0.05, 0) is 68.3 Å². The number of aromatic hydroxyl groups is 2. The standard InChI is InChI=1S/C44H39N11O20S7/c1-22-26(21-45)42-46-27-8-4-5-9-31(27)55(42)43(57)37(22)51-48-28-11-10-24-25(41(28)82(66,67)68)18-35(79-75-72-59)39(40(24)56)52-49-29-20-33(69-2)30(19-32(29)54(12-6-14-76-74-71-58)13-7-15-80(60,61)62)50-53-44-47-38-34(77-44)16-23(78-73-70-3)17-36(38)81(63,64)65/h4-5,8-11,16-20,56-59H,6-7,12-15H2,1-3H3,(H,60,61,62)(H,63,64,65)(H,66,67,68). The Balaban J connectivity index is 1.26. The summed E-state index contributed by atoms with van der Waals surface area (Å²) in [6.07, 6.45) is 0.0538. The van der Waals surface area contributed by atoms with Crippen molar-refractivity contribution in [1.82, 2.24) is 14.4 Å². The van der Waals surface area contributed by atoms with Crippen LogP contribution in [0.2, 0.25) is 0 Å². The van der Waals surface area contributed by atoms with Gasteiger partial charge in [-0.15, -0.1) is 39.4 Å². The van der Waals surface area contributed by atoms with Crippen LogP contribution in [0.25, 0.3) is 37.7 Å². The summed E-state index contributed by atoms with van der Waals surface area (Å²) in [6.45, 7) is 1.39. The number of para-hydroxylation sites is 2. The summed E-state index contributed by atoms with van der Waals surface area (Å²) in [6, 6.07) is 17.3. The van der Waals surface area contributed by atoms with E-state index in [0.29, 0.717) is 35.1 Å². The first-order valence-electron chi connectivity index (χ1n) is 22.6. The highest BCUT2D eigenvalue weighted by Crippen LogP contribution is 2.49.